The van der Waals surface area contributed by atoms with Gasteiger partial charge in [0.25, 0.3) is 0 Å². The van der Waals surface area contributed by atoms with Crippen LogP contribution in [0.15, 0.2) is 24.4 Å². The van der Waals surface area contributed by atoms with E-state index in [1.54, 1.807) is 18.3 Å². The van der Waals surface area contributed by atoms with Gasteiger partial charge in [-0.25, -0.2) is 8.42 Å². The van der Waals surface area contributed by atoms with Crippen molar-refractivity contribution in [3.05, 3.63) is 30.1 Å². The minimum Gasteiger partial charge on any atom is -0.390 e. The van der Waals surface area contributed by atoms with Gasteiger partial charge in [0, 0.05) is 115 Å². The van der Waals surface area contributed by atoms with Gasteiger partial charge in [0.1, 0.15) is 0 Å². The summed E-state index contributed by atoms with van der Waals surface area (Å²) in [5.41, 5.74) is 0.0346. The summed E-state index contributed by atoms with van der Waals surface area (Å²) in [5.74, 6) is 3.75. The Morgan fingerprint density at radius 2 is 0.942 bits per heavy atom. The van der Waals surface area contributed by atoms with Crippen LogP contribution in [0.25, 0.3) is 0 Å². The second-order valence-corrected chi connectivity index (χ2v) is 48.7. The second kappa shape index (κ2) is 54.9. The number of alkyl halides is 3. The van der Waals surface area contributed by atoms with Gasteiger partial charge in [-0.3, -0.25) is 19.5 Å². The van der Waals surface area contributed by atoms with Crippen LogP contribution in [-0.4, -0.2) is 173 Å². The van der Waals surface area contributed by atoms with Crippen molar-refractivity contribution < 1.29 is 50.9 Å². The van der Waals surface area contributed by atoms with Crippen molar-refractivity contribution in [3.8, 4) is 0 Å². The predicted molar refractivity (Wildman–Crippen MR) is 522 cm³/mol. The van der Waals surface area contributed by atoms with Crippen LogP contribution in [0.1, 0.15) is 421 Å². The molecule has 3 saturated carbocycles. The maximum atomic E-state index is 13.0. The van der Waals surface area contributed by atoms with Crippen LogP contribution in [0.2, 0.25) is 0 Å². The third-order valence-corrected chi connectivity index (χ3v) is 27.8. The van der Waals surface area contributed by atoms with Gasteiger partial charge in [-0.2, -0.15) is 17.5 Å². The lowest BCUT2D eigenvalue weighted by Crippen LogP contribution is -2.51. The van der Waals surface area contributed by atoms with Gasteiger partial charge >= 0.3 is 6.18 Å². The number of morpholine rings is 1. The minimum absolute atomic E-state index is 0. The van der Waals surface area contributed by atoms with Gasteiger partial charge in [0.05, 0.1) is 23.1 Å². The Labute approximate surface area is 752 Å². The molecule has 0 spiro atoms. The van der Waals surface area contributed by atoms with Gasteiger partial charge < -0.3 is 34.8 Å². The van der Waals surface area contributed by atoms with E-state index in [1.165, 1.54) is 44.3 Å². The van der Waals surface area contributed by atoms with Gasteiger partial charge in [0.2, 0.25) is 21.8 Å². The lowest BCUT2D eigenvalue weighted by molar-refractivity contribution is -0.276. The number of rotatable bonds is 26. The fourth-order valence-electron chi connectivity index (χ4n) is 16.7. The van der Waals surface area contributed by atoms with Crippen molar-refractivity contribution in [1.29, 1.82) is 0 Å². The zero-order valence-corrected chi connectivity index (χ0v) is 85.2. The van der Waals surface area contributed by atoms with E-state index >= 15 is 0 Å². The number of pyridine rings is 1. The molecule has 5 aliphatic rings. The molecule has 2 saturated heterocycles. The Bertz CT molecular complexity index is 2950. The average molecular weight is 1750 g/mol. The number of amides is 2. The SMILES string of the molecule is C.C.C.C.CC[C@@H](C(=O)NC(C)(C)C)C(C)(C)C.CC[C@@H](CC(C)(C)O)C(C)(C)C.CC[C@@H](CC(O)(C1CC1)C(F)(F)F)C(C)(C)C.CC[C@@H](CN(C(C)=O)C1CC1)C(C)(C)C.CC[C@@H](CN1CCN(S(=O)(=O)C2CC2)CC1)C(C)(C)C.CC[C@@H](CN1CCOC(C)(C)C1)C(C)(C)C.CC[C@@H](COC)C(C)(C)C.CC[C@@H](c1ccccn1)C(C)(C)C. The number of hydrogen-bond acceptors (Lipinski definition) is 11. The Morgan fingerprint density at radius 1 is 0.537 bits per heavy atom. The Morgan fingerprint density at radius 3 is 1.21 bits per heavy atom. The largest absolute Gasteiger partial charge is 0.417 e. The molecule has 0 bridgehead atoms. The predicted octanol–water partition coefficient (Wildman–Crippen LogP) is 27.6. The minimum atomic E-state index is -4.51. The first-order valence-corrected chi connectivity index (χ1v) is 47.8. The van der Waals surface area contributed by atoms with E-state index in [4.69, 9.17) is 9.47 Å². The molecule has 1 aromatic rings. The molecule has 1 unspecified atom stereocenters. The fraction of sp³-hybridized carbons (Fsp3) is 0.932. The van der Waals surface area contributed by atoms with E-state index in [-0.39, 0.29) is 87.0 Å². The van der Waals surface area contributed by atoms with Crippen LogP contribution in [0.4, 0.5) is 13.2 Å². The van der Waals surface area contributed by atoms with Crippen LogP contribution in [0, 0.1) is 90.7 Å². The summed E-state index contributed by atoms with van der Waals surface area (Å²) < 4.78 is 76.1. The van der Waals surface area contributed by atoms with E-state index in [0.717, 1.165) is 103 Å². The number of methoxy groups -OCH3 is 1. The third kappa shape index (κ3) is 52.1. The number of carbonyl (C=O) groups excluding carboxylic acids is 2. The molecule has 9 atom stereocenters. The first-order valence-electron chi connectivity index (χ1n) is 46.3. The molecule has 5 fully saturated rings. The quantitative estimate of drug-likeness (QED) is 0.0808. The molecule has 3 aliphatic carbocycles. The van der Waals surface area contributed by atoms with Crippen LogP contribution >= 0.6 is 0 Å². The Balaban J connectivity index is -0.000000313. The van der Waals surface area contributed by atoms with Crippen molar-refractivity contribution in [2.24, 2.45) is 90.7 Å². The van der Waals surface area contributed by atoms with Gasteiger partial charge in [-0.1, -0.05) is 296 Å². The topological polar surface area (TPSA) is 165 Å². The molecule has 18 heteroatoms. The summed E-state index contributed by atoms with van der Waals surface area (Å²) in [6.07, 6.45) is 11.9. The molecule has 3 heterocycles. The number of aromatic nitrogens is 1. The van der Waals surface area contributed by atoms with E-state index in [1.807, 2.05) is 74.6 Å². The first-order chi connectivity index (χ1) is 52.7. The summed E-state index contributed by atoms with van der Waals surface area (Å²) in [4.78, 5) is 35.0. The zero-order chi connectivity index (χ0) is 92.1. The number of halogens is 3. The highest BCUT2D eigenvalue weighted by Crippen LogP contribution is 2.53. The summed E-state index contributed by atoms with van der Waals surface area (Å²) in [6, 6.07) is 6.72. The highest BCUT2D eigenvalue weighted by Gasteiger charge is 2.62. The summed E-state index contributed by atoms with van der Waals surface area (Å²) in [7, 11) is -1.20. The monoisotopic (exact) mass is 1750 g/mol. The highest BCUT2D eigenvalue weighted by atomic mass is 32.2. The van der Waals surface area contributed by atoms with E-state index < -0.39 is 33.3 Å². The van der Waals surface area contributed by atoms with Gasteiger partial charge in [0.15, 0.2) is 5.60 Å². The normalized spacial score (nSPS) is 19.1. The molecular weight excluding hydrogens is 1540 g/mol. The maximum absolute atomic E-state index is 13.0. The zero-order valence-electron chi connectivity index (χ0n) is 84.4. The van der Waals surface area contributed by atoms with Crippen LogP contribution < -0.4 is 5.32 Å². The summed E-state index contributed by atoms with van der Waals surface area (Å²) >= 11 is 0. The van der Waals surface area contributed by atoms with Crippen molar-refractivity contribution in [2.45, 2.75) is 455 Å². The Hall–Kier alpha value is -2.45. The molecule has 121 heavy (non-hydrogen) atoms. The molecule has 2 amide bonds. The number of aliphatic hydroxyl groups is 2. The molecule has 6 rings (SSSR count). The Kier molecular flexibility index (Phi) is 58.7. The first kappa shape index (κ1) is 129. The van der Waals surface area contributed by atoms with Crippen LogP contribution in [0.5, 0.6) is 0 Å². The number of piperazine rings is 1. The molecule has 728 valence electrons. The molecule has 3 N–H and O–H groups in total. The number of nitrogens with one attached hydrogen (secondary N) is 1. The lowest BCUT2D eigenvalue weighted by atomic mass is 9.72. The standard InChI is InChI=1S/C15H30N2O2S.C14H29NO.C13H23F3O.C13H25NO.C12H25NO.C12H19N.C11H24O.C9H20O.4CH4/c1-5-13(15(2,3)4)12-16-8-10-17(11-9-16)20(18,19)14-6-7-14;1-7-12(13(2,3)4)10-15-8-9-16-14(5,6)11-15;1-5-9(11(2,3)4)8-12(17,10-6-7-10)13(14,15)16;1-6-11(13(3,4)5)9-14(10(2)15)12-7-8-12;1-8-9(11(2,3)4)10(14)13-12(5,6)7;1-5-10(12(2,3)4)11-8-6-7-9-13-11;1-7-9(10(2,3)4)8-11(5,6)12;1-6-8(7-10-5)9(2,3)4;;;;/h13-14H,5-12H2,1-4H3;12H,7-11H2,1-6H3;9-10,17H,5-8H2,1-4H3;11-12H,6-9H2,1-5H3;9H,8H2,1-7H3,(H,13,14);6-10H,5H2,1-4H3;9,12H,7-8H2,1-6H3;8H,6-7H2,1-5H3;4*1H4/t13-;12-;9-,12?;11-;9-;10-;9-;8-;;;;/m00000000..../s1. The van der Waals surface area contributed by atoms with Crippen LogP contribution in [0.3, 0.4) is 0 Å². The molecule has 1 aromatic heterocycles. The van der Waals surface area contributed by atoms with Crippen LogP contribution in [-0.2, 0) is 29.1 Å². The number of nitrogens with zero attached hydrogens (tertiary/aromatic N) is 5. The van der Waals surface area contributed by atoms with E-state index in [9.17, 15) is 41.4 Å². The molecule has 2 aliphatic heterocycles. The number of carbonyl (C=O) groups is 2. The lowest BCUT2D eigenvalue weighted by Gasteiger charge is -2.42. The molecule has 0 aromatic carbocycles. The van der Waals surface area contributed by atoms with Gasteiger partial charge in [-0.05, 0) is 210 Å². The van der Waals surface area contributed by atoms with E-state index in [2.05, 4.69) is 245 Å². The fourth-order valence-corrected chi connectivity index (χ4v) is 18.5. The van der Waals surface area contributed by atoms with Crippen molar-refractivity contribution in [2.75, 3.05) is 79.2 Å². The van der Waals surface area contributed by atoms with Gasteiger partial charge in [-0.15, -0.1) is 0 Å². The summed E-state index contributed by atoms with van der Waals surface area (Å²) in [6.45, 7) is 96.9. The van der Waals surface area contributed by atoms with Crippen molar-refractivity contribution in [1.82, 2.24) is 29.3 Å². The molecule has 14 nitrogen and oxygen atoms in total. The van der Waals surface area contributed by atoms with E-state index in [0.29, 0.717) is 100 Å². The smallest absolute Gasteiger partial charge is 0.390 e. The number of hydrogen-bond donors (Lipinski definition) is 3. The maximum Gasteiger partial charge on any atom is 0.417 e. The average Bonchev–Trinajstić information content (AvgIpc) is 1.62. The summed E-state index contributed by atoms with van der Waals surface area (Å²) in [5, 5.41) is 22.7. The third-order valence-electron chi connectivity index (χ3n) is 25.4. The van der Waals surface area contributed by atoms with Crippen molar-refractivity contribution >= 4 is 21.8 Å². The molecule has 0 radical (unpaired) electrons. The number of sulfonamides is 1. The molecular formula is C103H211F3N6O8S. The number of ether oxygens (including phenoxy) is 2. The second-order valence-electron chi connectivity index (χ2n) is 46.5. The highest BCUT2D eigenvalue weighted by molar-refractivity contribution is 7.90. The van der Waals surface area contributed by atoms with Crippen molar-refractivity contribution in [3.63, 3.8) is 0 Å².